The molecule has 0 atom stereocenters. The number of hydrogen-bond donors (Lipinski definition) is 2. The lowest BCUT2D eigenvalue weighted by molar-refractivity contribution is 0.0699. The number of aromatic nitrogens is 1. The largest absolute Gasteiger partial charge is 0.497 e. The molecule has 4 nitrogen and oxygen atoms in total. The topological polar surface area (TPSA) is 62.3 Å². The zero-order valence-corrected chi connectivity index (χ0v) is 13.0. The molecule has 0 spiro atoms. The monoisotopic (exact) mass is 317 g/mol. The van der Waals surface area contributed by atoms with Gasteiger partial charge in [-0.05, 0) is 40.6 Å². The molecule has 0 saturated carbocycles. The van der Waals surface area contributed by atoms with Gasteiger partial charge in [-0.25, -0.2) is 4.79 Å². The van der Waals surface area contributed by atoms with Gasteiger partial charge in [0, 0.05) is 17.1 Å². The first kappa shape index (κ1) is 14.3. The van der Waals surface area contributed by atoms with E-state index in [4.69, 9.17) is 4.74 Å². The molecule has 24 heavy (non-hydrogen) atoms. The van der Waals surface area contributed by atoms with Crippen molar-refractivity contribution in [3.63, 3.8) is 0 Å². The highest BCUT2D eigenvalue weighted by Gasteiger charge is 2.13. The minimum atomic E-state index is -0.931. The molecule has 0 aliphatic rings. The van der Waals surface area contributed by atoms with E-state index in [1.165, 1.54) is 0 Å². The summed E-state index contributed by atoms with van der Waals surface area (Å²) in [6.07, 6.45) is 1.86. The van der Waals surface area contributed by atoms with E-state index in [1.807, 2.05) is 42.6 Å². The highest BCUT2D eigenvalue weighted by Crippen LogP contribution is 2.33. The number of aromatic carboxylic acids is 1. The molecule has 4 rings (SSSR count). The Balaban J connectivity index is 1.90. The van der Waals surface area contributed by atoms with Crippen molar-refractivity contribution < 1.29 is 14.6 Å². The van der Waals surface area contributed by atoms with E-state index in [-0.39, 0.29) is 5.56 Å². The zero-order chi connectivity index (χ0) is 16.7. The number of benzene rings is 3. The van der Waals surface area contributed by atoms with Gasteiger partial charge in [-0.3, -0.25) is 0 Å². The van der Waals surface area contributed by atoms with Crippen molar-refractivity contribution >= 4 is 27.6 Å². The van der Waals surface area contributed by atoms with E-state index in [0.717, 1.165) is 33.0 Å². The van der Waals surface area contributed by atoms with E-state index in [0.29, 0.717) is 5.52 Å². The average molecular weight is 317 g/mol. The smallest absolute Gasteiger partial charge is 0.337 e. The number of fused-ring (bicyclic) bond motifs is 2. The molecule has 0 amide bonds. The van der Waals surface area contributed by atoms with Gasteiger partial charge in [0.25, 0.3) is 0 Å². The molecule has 4 heteroatoms. The van der Waals surface area contributed by atoms with Crippen LogP contribution in [0, 0.1) is 0 Å². The van der Waals surface area contributed by atoms with Crippen molar-refractivity contribution in [3.05, 3.63) is 66.4 Å². The molecule has 0 fully saturated rings. The molecular weight excluding hydrogens is 302 g/mol. The van der Waals surface area contributed by atoms with Crippen molar-refractivity contribution in [2.75, 3.05) is 7.11 Å². The number of carbonyl (C=O) groups is 1. The van der Waals surface area contributed by atoms with Crippen LogP contribution >= 0.6 is 0 Å². The van der Waals surface area contributed by atoms with Crippen LogP contribution in [0.3, 0.4) is 0 Å². The fraction of sp³-hybridized carbons (Fsp3) is 0.0500. The fourth-order valence-corrected chi connectivity index (χ4v) is 3.09. The molecule has 118 valence electrons. The number of rotatable bonds is 3. The maximum Gasteiger partial charge on any atom is 0.337 e. The number of aromatic amines is 1. The van der Waals surface area contributed by atoms with Crippen LogP contribution in [0.5, 0.6) is 5.75 Å². The summed E-state index contributed by atoms with van der Waals surface area (Å²) in [6.45, 7) is 0. The molecule has 1 aromatic heterocycles. The third kappa shape index (κ3) is 2.20. The highest BCUT2D eigenvalue weighted by atomic mass is 16.5. The maximum absolute atomic E-state index is 11.4. The average Bonchev–Trinajstić information content (AvgIpc) is 3.04. The highest BCUT2D eigenvalue weighted by molar-refractivity contribution is 6.07. The lowest BCUT2D eigenvalue weighted by Crippen LogP contribution is -1.96. The summed E-state index contributed by atoms with van der Waals surface area (Å²) in [4.78, 5) is 14.5. The minimum absolute atomic E-state index is 0.282. The summed E-state index contributed by atoms with van der Waals surface area (Å²) in [5.74, 6) is -0.104. The van der Waals surface area contributed by atoms with Crippen LogP contribution < -0.4 is 4.74 Å². The minimum Gasteiger partial charge on any atom is -0.497 e. The van der Waals surface area contributed by atoms with Crippen LogP contribution in [-0.2, 0) is 0 Å². The van der Waals surface area contributed by atoms with Gasteiger partial charge in [-0.15, -0.1) is 0 Å². The van der Waals surface area contributed by atoms with Crippen molar-refractivity contribution in [2.24, 2.45) is 0 Å². The molecule has 0 saturated heterocycles. The van der Waals surface area contributed by atoms with Gasteiger partial charge in [0.15, 0.2) is 0 Å². The SMILES string of the molecule is COc1ccc2cc(-c3c[nH]c4c(C(=O)O)cccc34)ccc2c1. The summed E-state index contributed by atoms with van der Waals surface area (Å²) < 4.78 is 5.26. The molecule has 0 radical (unpaired) electrons. The van der Waals surface area contributed by atoms with Crippen LogP contribution in [0.2, 0.25) is 0 Å². The molecule has 3 aromatic carbocycles. The fourth-order valence-electron chi connectivity index (χ4n) is 3.09. The van der Waals surface area contributed by atoms with Gasteiger partial charge >= 0.3 is 5.97 Å². The van der Waals surface area contributed by atoms with Crippen molar-refractivity contribution in [2.45, 2.75) is 0 Å². The number of carboxylic acid groups (broad SMARTS) is 1. The number of methoxy groups -OCH3 is 1. The van der Waals surface area contributed by atoms with Crippen molar-refractivity contribution in [1.82, 2.24) is 4.98 Å². The normalized spacial score (nSPS) is 11.0. The van der Waals surface area contributed by atoms with E-state index in [1.54, 1.807) is 19.2 Å². The van der Waals surface area contributed by atoms with Gasteiger partial charge in [-0.1, -0.05) is 30.3 Å². The van der Waals surface area contributed by atoms with Crippen LogP contribution in [0.1, 0.15) is 10.4 Å². The Labute approximate surface area is 138 Å². The quantitative estimate of drug-likeness (QED) is 0.576. The third-order valence-corrected chi connectivity index (χ3v) is 4.30. The summed E-state index contributed by atoms with van der Waals surface area (Å²) in [7, 11) is 1.65. The lowest BCUT2D eigenvalue weighted by atomic mass is 10.00. The third-order valence-electron chi connectivity index (χ3n) is 4.30. The van der Waals surface area contributed by atoms with E-state index in [2.05, 4.69) is 11.1 Å². The van der Waals surface area contributed by atoms with Gasteiger partial charge in [-0.2, -0.15) is 0 Å². The molecule has 0 aliphatic carbocycles. The number of ether oxygens (including phenoxy) is 1. The zero-order valence-electron chi connectivity index (χ0n) is 13.0. The standard InChI is InChI=1S/C20H15NO3/c1-24-15-8-7-12-9-14(6-5-13(12)10-15)18-11-21-19-16(18)3-2-4-17(19)20(22)23/h2-11,21H,1H3,(H,22,23). The predicted molar refractivity (Wildman–Crippen MR) is 94.8 cm³/mol. The Bertz CT molecular complexity index is 1080. The molecule has 1 heterocycles. The number of carboxylic acids is 1. The van der Waals surface area contributed by atoms with E-state index < -0.39 is 5.97 Å². The van der Waals surface area contributed by atoms with Crippen LogP contribution in [0.15, 0.2) is 60.8 Å². The Hall–Kier alpha value is -3.27. The Morgan fingerprint density at radius 3 is 2.62 bits per heavy atom. The predicted octanol–water partition coefficient (Wildman–Crippen LogP) is 4.69. The molecule has 4 aromatic rings. The summed E-state index contributed by atoms with van der Waals surface area (Å²) >= 11 is 0. The first-order chi connectivity index (χ1) is 11.7. The molecule has 0 unspecified atom stereocenters. The van der Waals surface area contributed by atoms with Crippen LogP contribution in [-0.4, -0.2) is 23.2 Å². The molecule has 2 N–H and O–H groups in total. The first-order valence-electron chi connectivity index (χ1n) is 7.59. The van der Waals surface area contributed by atoms with Gasteiger partial charge in [0.1, 0.15) is 5.75 Å². The van der Waals surface area contributed by atoms with Crippen LogP contribution in [0.4, 0.5) is 0 Å². The second-order valence-corrected chi connectivity index (χ2v) is 5.66. The summed E-state index contributed by atoms with van der Waals surface area (Å²) in [5.41, 5.74) is 2.96. The van der Waals surface area contributed by atoms with Gasteiger partial charge in [0.05, 0.1) is 18.2 Å². The van der Waals surface area contributed by atoms with E-state index in [9.17, 15) is 9.90 Å². The Kier molecular flexibility index (Phi) is 3.24. The summed E-state index contributed by atoms with van der Waals surface area (Å²) in [5, 5.41) is 12.4. The maximum atomic E-state index is 11.4. The van der Waals surface area contributed by atoms with Gasteiger partial charge in [0.2, 0.25) is 0 Å². The number of hydrogen-bond acceptors (Lipinski definition) is 2. The second-order valence-electron chi connectivity index (χ2n) is 5.66. The number of para-hydroxylation sites is 1. The molecular formula is C20H15NO3. The lowest BCUT2D eigenvalue weighted by Gasteiger charge is -2.06. The van der Waals surface area contributed by atoms with Crippen LogP contribution in [0.25, 0.3) is 32.8 Å². The second kappa shape index (κ2) is 5.42. The molecule has 0 aliphatic heterocycles. The van der Waals surface area contributed by atoms with E-state index >= 15 is 0 Å². The van der Waals surface area contributed by atoms with Gasteiger partial charge < -0.3 is 14.8 Å². The Morgan fingerprint density at radius 2 is 1.83 bits per heavy atom. The molecule has 0 bridgehead atoms. The Morgan fingerprint density at radius 1 is 1.04 bits per heavy atom. The summed E-state index contributed by atoms with van der Waals surface area (Å²) in [6, 6.07) is 17.5. The van der Waals surface area contributed by atoms with Crippen molar-refractivity contribution in [1.29, 1.82) is 0 Å². The number of nitrogens with one attached hydrogen (secondary N) is 1. The first-order valence-corrected chi connectivity index (χ1v) is 7.59. The van der Waals surface area contributed by atoms with Crippen molar-refractivity contribution in [3.8, 4) is 16.9 Å². The number of H-pyrrole nitrogens is 1.